The molecular formula is C37H26N4. The Morgan fingerprint density at radius 3 is 1.56 bits per heavy atom. The van der Waals surface area contributed by atoms with Crippen LogP contribution in [0.5, 0.6) is 0 Å². The van der Waals surface area contributed by atoms with Crippen molar-refractivity contribution >= 4 is 10.9 Å². The van der Waals surface area contributed by atoms with Crippen LogP contribution < -0.4 is 0 Å². The molecule has 0 fully saturated rings. The van der Waals surface area contributed by atoms with Crippen LogP contribution in [0.2, 0.25) is 0 Å². The van der Waals surface area contributed by atoms with E-state index in [-0.39, 0.29) is 0 Å². The lowest BCUT2D eigenvalue weighted by Crippen LogP contribution is -2.00. The molecule has 2 aromatic heterocycles. The number of aromatic nitrogens is 4. The van der Waals surface area contributed by atoms with Gasteiger partial charge >= 0.3 is 0 Å². The van der Waals surface area contributed by atoms with E-state index >= 15 is 0 Å². The lowest BCUT2D eigenvalue weighted by Gasteiger charge is -2.10. The van der Waals surface area contributed by atoms with Crippen molar-refractivity contribution in [2.24, 2.45) is 0 Å². The van der Waals surface area contributed by atoms with Gasteiger partial charge in [-0.3, -0.25) is 4.98 Å². The molecule has 194 valence electrons. The van der Waals surface area contributed by atoms with Gasteiger partial charge in [0.05, 0.1) is 5.52 Å². The fourth-order valence-electron chi connectivity index (χ4n) is 5.13. The van der Waals surface area contributed by atoms with E-state index in [0.717, 1.165) is 44.4 Å². The highest BCUT2D eigenvalue weighted by atomic mass is 15.0. The minimum Gasteiger partial charge on any atom is -0.253 e. The number of benzene rings is 5. The highest BCUT2D eigenvalue weighted by molar-refractivity contribution is 5.95. The summed E-state index contributed by atoms with van der Waals surface area (Å²) < 4.78 is 0. The summed E-state index contributed by atoms with van der Waals surface area (Å²) in [5.74, 6) is 1.96. The summed E-state index contributed by atoms with van der Waals surface area (Å²) in [5, 5.41) is 1.16. The molecule has 4 nitrogen and oxygen atoms in total. The minimum absolute atomic E-state index is 0.648. The normalized spacial score (nSPS) is 11.0. The number of hydrogen-bond donors (Lipinski definition) is 0. The summed E-state index contributed by atoms with van der Waals surface area (Å²) in [4.78, 5) is 19.3. The second-order valence-corrected chi connectivity index (χ2v) is 10.0. The molecule has 41 heavy (non-hydrogen) atoms. The molecule has 0 saturated carbocycles. The molecule has 0 aliphatic heterocycles. The van der Waals surface area contributed by atoms with E-state index in [4.69, 9.17) is 19.9 Å². The smallest absolute Gasteiger partial charge is 0.164 e. The first-order valence-electron chi connectivity index (χ1n) is 13.7. The summed E-state index contributed by atoms with van der Waals surface area (Å²) in [6.45, 7) is 2.02. The Morgan fingerprint density at radius 1 is 0.366 bits per heavy atom. The lowest BCUT2D eigenvalue weighted by molar-refractivity contribution is 1.07. The number of pyridine rings is 1. The molecule has 0 atom stereocenters. The average Bonchev–Trinajstić information content (AvgIpc) is 3.05. The third kappa shape index (κ3) is 4.99. The first kappa shape index (κ1) is 24.6. The second-order valence-electron chi connectivity index (χ2n) is 10.0. The van der Waals surface area contributed by atoms with Crippen LogP contribution in [0.25, 0.3) is 67.3 Å². The van der Waals surface area contributed by atoms with Gasteiger partial charge in [-0.25, -0.2) is 15.0 Å². The molecule has 0 amide bonds. The molecule has 5 aromatic carbocycles. The molecule has 4 heteroatoms. The van der Waals surface area contributed by atoms with Crippen molar-refractivity contribution in [2.45, 2.75) is 6.92 Å². The summed E-state index contributed by atoms with van der Waals surface area (Å²) in [7, 11) is 0. The van der Waals surface area contributed by atoms with Crippen molar-refractivity contribution in [3.8, 4) is 56.4 Å². The van der Waals surface area contributed by atoms with Gasteiger partial charge in [0.1, 0.15) is 0 Å². The van der Waals surface area contributed by atoms with Crippen LogP contribution in [-0.4, -0.2) is 19.9 Å². The Balaban J connectivity index is 1.27. The quantitative estimate of drug-likeness (QED) is 0.224. The number of nitrogens with zero attached hydrogens (tertiary/aromatic N) is 4. The van der Waals surface area contributed by atoms with Crippen LogP contribution in [-0.2, 0) is 0 Å². The van der Waals surface area contributed by atoms with Crippen molar-refractivity contribution in [1.82, 2.24) is 19.9 Å². The fraction of sp³-hybridized carbons (Fsp3) is 0.0270. The Hall–Kier alpha value is -5.48. The standard InChI is InChI=1S/C37H26N4/c1-25-18-23-33-32(16-9-17-34(33)38-25)27-21-19-26(20-22-27)30-14-8-15-31(24-30)37-40-35(28-10-4-2-5-11-28)39-36(41-37)29-12-6-3-7-13-29/h2-24H,1H3. The number of aryl methyl sites for hydroxylation is 1. The van der Waals surface area contributed by atoms with Gasteiger partial charge in [0.25, 0.3) is 0 Å². The van der Waals surface area contributed by atoms with E-state index in [1.165, 1.54) is 11.1 Å². The molecule has 0 bridgehead atoms. The topological polar surface area (TPSA) is 51.6 Å². The van der Waals surface area contributed by atoms with Gasteiger partial charge in [-0.15, -0.1) is 0 Å². The summed E-state index contributed by atoms with van der Waals surface area (Å²) in [6, 6.07) is 47.7. The van der Waals surface area contributed by atoms with Gasteiger partial charge in [0.15, 0.2) is 17.5 Å². The zero-order valence-corrected chi connectivity index (χ0v) is 22.6. The monoisotopic (exact) mass is 526 g/mol. The molecule has 0 aliphatic rings. The molecule has 0 radical (unpaired) electrons. The van der Waals surface area contributed by atoms with Crippen molar-refractivity contribution in [1.29, 1.82) is 0 Å². The van der Waals surface area contributed by atoms with Crippen molar-refractivity contribution in [2.75, 3.05) is 0 Å². The molecule has 0 N–H and O–H groups in total. The van der Waals surface area contributed by atoms with E-state index in [9.17, 15) is 0 Å². The minimum atomic E-state index is 0.648. The van der Waals surface area contributed by atoms with Gasteiger partial charge in [-0.1, -0.05) is 121 Å². The van der Waals surface area contributed by atoms with E-state index < -0.39 is 0 Å². The van der Waals surface area contributed by atoms with Gasteiger partial charge < -0.3 is 0 Å². The van der Waals surface area contributed by atoms with E-state index in [0.29, 0.717) is 17.5 Å². The molecule has 0 aliphatic carbocycles. The maximum absolute atomic E-state index is 4.89. The largest absolute Gasteiger partial charge is 0.253 e. The lowest BCUT2D eigenvalue weighted by atomic mass is 9.97. The molecule has 2 heterocycles. The SMILES string of the molecule is Cc1ccc2c(-c3ccc(-c4cccc(-c5nc(-c6ccccc6)nc(-c6ccccc6)n5)c4)cc3)cccc2n1. The number of fused-ring (bicyclic) bond motifs is 1. The maximum atomic E-state index is 4.89. The van der Waals surface area contributed by atoms with E-state index in [1.54, 1.807) is 0 Å². The van der Waals surface area contributed by atoms with Gasteiger partial charge in [0.2, 0.25) is 0 Å². The summed E-state index contributed by atoms with van der Waals surface area (Å²) >= 11 is 0. The number of hydrogen-bond acceptors (Lipinski definition) is 4. The molecule has 0 spiro atoms. The Labute approximate surface area is 239 Å². The van der Waals surface area contributed by atoms with Crippen LogP contribution in [0, 0.1) is 6.92 Å². The first-order chi connectivity index (χ1) is 20.2. The predicted molar refractivity (Wildman–Crippen MR) is 167 cm³/mol. The van der Waals surface area contributed by atoms with Gasteiger partial charge in [-0.2, -0.15) is 0 Å². The van der Waals surface area contributed by atoms with Crippen LogP contribution >= 0.6 is 0 Å². The first-order valence-corrected chi connectivity index (χ1v) is 13.7. The third-order valence-corrected chi connectivity index (χ3v) is 7.22. The van der Waals surface area contributed by atoms with Gasteiger partial charge in [-0.05, 0) is 47.4 Å². The zero-order chi connectivity index (χ0) is 27.6. The van der Waals surface area contributed by atoms with Crippen LogP contribution in [0.15, 0.2) is 140 Å². The summed E-state index contributed by atoms with van der Waals surface area (Å²) in [5.41, 5.74) is 9.48. The predicted octanol–water partition coefficient (Wildman–Crippen LogP) is 9.06. The van der Waals surface area contributed by atoms with Crippen LogP contribution in [0.1, 0.15) is 5.69 Å². The van der Waals surface area contributed by atoms with E-state index in [2.05, 4.69) is 78.9 Å². The summed E-state index contributed by atoms with van der Waals surface area (Å²) in [6.07, 6.45) is 0. The second kappa shape index (κ2) is 10.6. The average molecular weight is 527 g/mol. The van der Waals surface area contributed by atoms with Crippen molar-refractivity contribution < 1.29 is 0 Å². The highest BCUT2D eigenvalue weighted by Gasteiger charge is 2.13. The molecule has 7 rings (SSSR count). The molecule has 0 unspecified atom stereocenters. The molecule has 0 saturated heterocycles. The Kier molecular flexibility index (Phi) is 6.34. The van der Waals surface area contributed by atoms with Crippen LogP contribution in [0.4, 0.5) is 0 Å². The van der Waals surface area contributed by atoms with Crippen molar-refractivity contribution in [3.63, 3.8) is 0 Å². The van der Waals surface area contributed by atoms with Gasteiger partial charge in [0, 0.05) is 27.8 Å². The molecule has 7 aromatic rings. The number of rotatable bonds is 5. The highest BCUT2D eigenvalue weighted by Crippen LogP contribution is 2.32. The Bertz CT molecular complexity index is 1930. The fourth-order valence-corrected chi connectivity index (χ4v) is 5.13. The van der Waals surface area contributed by atoms with Crippen LogP contribution in [0.3, 0.4) is 0 Å². The third-order valence-electron chi connectivity index (χ3n) is 7.22. The zero-order valence-electron chi connectivity index (χ0n) is 22.6. The molecular weight excluding hydrogens is 500 g/mol. The Morgan fingerprint density at radius 2 is 0.902 bits per heavy atom. The maximum Gasteiger partial charge on any atom is 0.164 e. The van der Waals surface area contributed by atoms with E-state index in [1.807, 2.05) is 67.6 Å². The van der Waals surface area contributed by atoms with Crippen molar-refractivity contribution in [3.05, 3.63) is 145 Å².